The number of hydrogen-bond donors (Lipinski definition) is 1. The van der Waals surface area contributed by atoms with Gasteiger partial charge in [0.05, 0.1) is 18.5 Å². The molecule has 1 fully saturated rings. The molecule has 144 valence electrons. The minimum Gasteiger partial charge on any atom is -0.329 e. The first-order valence-electron chi connectivity index (χ1n) is 8.00. The molecule has 1 aliphatic rings. The Hall–Kier alpha value is -3.09. The van der Waals surface area contributed by atoms with Crippen LogP contribution in [-0.4, -0.2) is 59.9 Å². The van der Waals surface area contributed by atoms with Gasteiger partial charge in [-0.15, -0.1) is 0 Å². The summed E-state index contributed by atoms with van der Waals surface area (Å²) in [5, 5.41) is 11.9. The Balaban J connectivity index is 2.01. The third kappa shape index (κ3) is 4.97. The number of para-hydroxylation sites is 1. The van der Waals surface area contributed by atoms with Crippen molar-refractivity contribution in [3.63, 3.8) is 0 Å². The lowest BCUT2D eigenvalue weighted by Gasteiger charge is -2.24. The van der Waals surface area contributed by atoms with Gasteiger partial charge in [0.1, 0.15) is 6.04 Å². The van der Waals surface area contributed by atoms with Crippen molar-refractivity contribution in [2.24, 2.45) is 5.92 Å². The Morgan fingerprint density at radius 3 is 2.48 bits per heavy atom. The number of likely N-dealkylation sites (tertiary alicyclic amines) is 1. The molecule has 0 aliphatic carbocycles. The number of nitrogens with one attached hydrogen (secondary N) is 1. The van der Waals surface area contributed by atoms with Crippen molar-refractivity contribution in [3.05, 3.63) is 30.3 Å². The zero-order chi connectivity index (χ0) is 20.2. The zero-order valence-electron chi connectivity index (χ0n) is 14.4. The van der Waals surface area contributed by atoms with Crippen molar-refractivity contribution in [3.8, 4) is 6.07 Å². The minimum atomic E-state index is -5.09. The second-order valence-corrected chi connectivity index (χ2v) is 6.14. The summed E-state index contributed by atoms with van der Waals surface area (Å²) in [5.74, 6) is -4.04. The summed E-state index contributed by atoms with van der Waals surface area (Å²) in [6.07, 6.45) is -5.02. The highest BCUT2D eigenvalue weighted by atomic mass is 19.4. The van der Waals surface area contributed by atoms with Crippen LogP contribution in [0.15, 0.2) is 30.3 Å². The predicted molar refractivity (Wildman–Crippen MR) is 88.0 cm³/mol. The van der Waals surface area contributed by atoms with E-state index in [4.69, 9.17) is 0 Å². The maximum absolute atomic E-state index is 12.4. The number of hydrogen-bond acceptors (Lipinski definition) is 4. The first-order valence-corrected chi connectivity index (χ1v) is 8.00. The fourth-order valence-corrected chi connectivity index (χ4v) is 2.77. The highest BCUT2D eigenvalue weighted by Crippen LogP contribution is 2.25. The third-order valence-corrected chi connectivity index (χ3v) is 4.14. The smallest absolute Gasteiger partial charge is 0.329 e. The molecule has 0 bridgehead atoms. The summed E-state index contributed by atoms with van der Waals surface area (Å²) in [7, 11) is 0.852. The molecule has 1 aromatic rings. The first kappa shape index (κ1) is 20.2. The van der Waals surface area contributed by atoms with Gasteiger partial charge in [0, 0.05) is 19.3 Å². The number of carbonyl (C=O) groups is 3. The van der Waals surface area contributed by atoms with E-state index in [2.05, 4.69) is 5.32 Å². The van der Waals surface area contributed by atoms with E-state index >= 15 is 0 Å². The number of amides is 3. The van der Waals surface area contributed by atoms with E-state index in [9.17, 15) is 32.8 Å². The van der Waals surface area contributed by atoms with Crippen molar-refractivity contribution >= 4 is 23.4 Å². The van der Waals surface area contributed by atoms with Crippen LogP contribution in [0.25, 0.3) is 0 Å². The number of rotatable bonds is 4. The van der Waals surface area contributed by atoms with E-state index in [0.717, 1.165) is 11.9 Å². The average Bonchev–Trinajstić information content (AvgIpc) is 3.05. The minimum absolute atomic E-state index is 0.0673. The van der Waals surface area contributed by atoms with Crippen LogP contribution in [0.5, 0.6) is 0 Å². The van der Waals surface area contributed by atoms with Gasteiger partial charge >= 0.3 is 12.1 Å². The molecule has 1 aromatic carbocycles. The van der Waals surface area contributed by atoms with E-state index in [-0.39, 0.29) is 17.9 Å². The van der Waals surface area contributed by atoms with Crippen LogP contribution in [0.1, 0.15) is 6.42 Å². The molecule has 2 unspecified atom stereocenters. The molecule has 7 nitrogen and oxygen atoms in total. The lowest BCUT2D eigenvalue weighted by atomic mass is 10.1. The van der Waals surface area contributed by atoms with Gasteiger partial charge in [-0.05, 0) is 18.6 Å². The molecule has 0 spiro atoms. The Morgan fingerprint density at radius 1 is 1.30 bits per heavy atom. The number of anilines is 1. The molecule has 2 atom stereocenters. The lowest BCUT2D eigenvalue weighted by Crippen LogP contribution is -2.46. The number of nitriles is 1. The van der Waals surface area contributed by atoms with Crippen LogP contribution in [0.2, 0.25) is 0 Å². The van der Waals surface area contributed by atoms with Gasteiger partial charge in [0.25, 0.3) is 0 Å². The van der Waals surface area contributed by atoms with Gasteiger partial charge in [-0.1, -0.05) is 18.2 Å². The van der Waals surface area contributed by atoms with Gasteiger partial charge in [-0.25, -0.2) is 0 Å². The predicted octanol–water partition coefficient (Wildman–Crippen LogP) is 1.39. The Kier molecular flexibility index (Phi) is 6.05. The van der Waals surface area contributed by atoms with Crippen molar-refractivity contribution in [1.82, 2.24) is 9.80 Å². The van der Waals surface area contributed by atoms with Crippen molar-refractivity contribution in [1.29, 1.82) is 5.26 Å². The quantitative estimate of drug-likeness (QED) is 0.852. The summed E-state index contributed by atoms with van der Waals surface area (Å²) in [4.78, 5) is 37.0. The van der Waals surface area contributed by atoms with Crippen LogP contribution in [0.3, 0.4) is 0 Å². The van der Waals surface area contributed by atoms with Gasteiger partial charge in [-0.3, -0.25) is 14.4 Å². The van der Waals surface area contributed by atoms with Crippen molar-refractivity contribution in [2.45, 2.75) is 18.6 Å². The van der Waals surface area contributed by atoms with Crippen LogP contribution < -0.4 is 5.32 Å². The van der Waals surface area contributed by atoms with Gasteiger partial charge in [-0.2, -0.15) is 18.4 Å². The van der Waals surface area contributed by atoms with E-state index < -0.39 is 42.4 Å². The molecule has 0 aromatic heterocycles. The second-order valence-electron chi connectivity index (χ2n) is 6.14. The number of nitrogens with zero attached hydrogens (tertiary/aromatic N) is 3. The van der Waals surface area contributed by atoms with Crippen LogP contribution in [0, 0.1) is 17.2 Å². The molecule has 1 saturated heterocycles. The summed E-state index contributed by atoms with van der Waals surface area (Å²) in [6.45, 7) is -0.937. The molecule has 1 N–H and O–H groups in total. The van der Waals surface area contributed by atoms with E-state index in [1.807, 2.05) is 6.07 Å². The average molecular weight is 382 g/mol. The van der Waals surface area contributed by atoms with Crippen LogP contribution in [0.4, 0.5) is 18.9 Å². The van der Waals surface area contributed by atoms with E-state index in [1.54, 1.807) is 30.3 Å². The van der Waals surface area contributed by atoms with E-state index in [0.29, 0.717) is 5.69 Å². The van der Waals surface area contributed by atoms with E-state index in [1.165, 1.54) is 0 Å². The molecule has 3 amide bonds. The third-order valence-electron chi connectivity index (χ3n) is 4.14. The molecule has 2 rings (SSSR count). The lowest BCUT2D eigenvalue weighted by molar-refractivity contribution is -0.184. The fraction of sp³-hybridized carbons (Fsp3) is 0.412. The number of likely N-dealkylation sites (N-methyl/N-ethyl adjacent to an activating group) is 1. The van der Waals surface area contributed by atoms with Gasteiger partial charge in [0.15, 0.2) is 0 Å². The molecule has 27 heavy (non-hydrogen) atoms. The topological polar surface area (TPSA) is 93.5 Å². The largest absolute Gasteiger partial charge is 0.471 e. The van der Waals surface area contributed by atoms with Gasteiger partial charge in [0.2, 0.25) is 11.8 Å². The van der Waals surface area contributed by atoms with Crippen LogP contribution >= 0.6 is 0 Å². The molecule has 1 heterocycles. The standard InChI is InChI=1S/C17H17F3N4O3/c1-23(16(27)17(18,19)20)10-14(25)24-9-11(7-13(24)8-21)15(26)22-12-5-3-2-4-6-12/h2-6,11,13H,7,9-10H2,1H3,(H,22,26). The Labute approximate surface area is 153 Å². The molecular weight excluding hydrogens is 365 g/mol. The van der Waals surface area contributed by atoms with Crippen LogP contribution in [-0.2, 0) is 14.4 Å². The SMILES string of the molecule is CN(CC(=O)N1CC(C(=O)Nc2ccccc2)CC1C#N)C(=O)C(F)(F)F. The number of carbonyl (C=O) groups excluding carboxylic acids is 3. The number of benzene rings is 1. The molecule has 10 heteroatoms. The monoisotopic (exact) mass is 382 g/mol. The second kappa shape index (κ2) is 8.07. The molecule has 0 saturated carbocycles. The molecule has 0 radical (unpaired) electrons. The fourth-order valence-electron chi connectivity index (χ4n) is 2.77. The summed E-state index contributed by atoms with van der Waals surface area (Å²) in [5.41, 5.74) is 0.552. The summed E-state index contributed by atoms with van der Waals surface area (Å²) in [6, 6.07) is 9.51. The maximum Gasteiger partial charge on any atom is 0.471 e. The normalized spacial score (nSPS) is 19.3. The van der Waals surface area contributed by atoms with Gasteiger partial charge < -0.3 is 15.1 Å². The number of alkyl halides is 3. The maximum atomic E-state index is 12.4. The zero-order valence-corrected chi connectivity index (χ0v) is 14.4. The Morgan fingerprint density at radius 2 is 1.93 bits per heavy atom. The van der Waals surface area contributed by atoms with Crippen molar-refractivity contribution in [2.75, 3.05) is 25.5 Å². The highest BCUT2D eigenvalue weighted by molar-refractivity contribution is 5.94. The first-order chi connectivity index (χ1) is 12.6. The summed E-state index contributed by atoms with van der Waals surface area (Å²) < 4.78 is 37.3. The highest BCUT2D eigenvalue weighted by Gasteiger charge is 2.43. The molecule has 1 aliphatic heterocycles. The Bertz CT molecular complexity index is 761. The summed E-state index contributed by atoms with van der Waals surface area (Å²) >= 11 is 0. The number of halogens is 3. The molecular formula is C17H17F3N4O3. The van der Waals surface area contributed by atoms with Crippen molar-refractivity contribution < 1.29 is 27.6 Å².